The fourth-order valence-electron chi connectivity index (χ4n) is 3.69. The Kier molecular flexibility index (Phi) is 7.53. The molecule has 0 bridgehead atoms. The lowest BCUT2D eigenvalue weighted by Gasteiger charge is -2.29. The zero-order chi connectivity index (χ0) is 26.8. The van der Waals surface area contributed by atoms with E-state index in [1.807, 2.05) is 0 Å². The molecular formula is C24H24ClN3O7S2. The molecule has 2 N–H and O–H groups in total. The van der Waals surface area contributed by atoms with Crippen molar-refractivity contribution < 1.29 is 31.1 Å². The van der Waals surface area contributed by atoms with Gasteiger partial charge in [-0.05, 0) is 55.5 Å². The fraction of sp³-hybridized carbons (Fsp3) is 0.208. The molecule has 1 heterocycles. The summed E-state index contributed by atoms with van der Waals surface area (Å²) in [6.07, 6.45) is 0.999. The summed E-state index contributed by atoms with van der Waals surface area (Å²) in [5, 5.41) is 2.87. The van der Waals surface area contributed by atoms with Crippen molar-refractivity contribution in [2.75, 3.05) is 33.8 Å². The highest BCUT2D eigenvalue weighted by Crippen LogP contribution is 2.35. The van der Waals surface area contributed by atoms with E-state index in [0.717, 1.165) is 10.6 Å². The minimum absolute atomic E-state index is 0.0486. The number of amides is 1. The van der Waals surface area contributed by atoms with E-state index in [9.17, 15) is 21.6 Å². The average Bonchev–Trinajstić information content (AvgIpc) is 2.85. The Bertz CT molecular complexity index is 1530. The summed E-state index contributed by atoms with van der Waals surface area (Å²) < 4.78 is 65.1. The summed E-state index contributed by atoms with van der Waals surface area (Å²) in [6, 6.07) is 15.3. The van der Waals surface area contributed by atoms with E-state index < -0.39 is 32.0 Å². The van der Waals surface area contributed by atoms with Crippen LogP contribution in [0.25, 0.3) is 0 Å². The standard InChI is InChI=1S/C24H24ClN3O7S2/c1-16(28(36(2,30)31)18-9-12-22-23(15-18)35-14-13-34-22)24(29)26-17-7-10-19(11-8-17)37(32,33)27-21-6-4-3-5-20(21)25/h3-12,15-16,27H,13-14H2,1-2H3,(H,26,29)/t16-/m1/s1. The number of hydrogen-bond donors (Lipinski definition) is 2. The zero-order valence-corrected chi connectivity index (χ0v) is 22.2. The van der Waals surface area contributed by atoms with Crippen LogP contribution in [0.2, 0.25) is 5.02 Å². The average molecular weight is 566 g/mol. The van der Waals surface area contributed by atoms with Gasteiger partial charge in [-0.1, -0.05) is 23.7 Å². The highest BCUT2D eigenvalue weighted by atomic mass is 35.5. The summed E-state index contributed by atoms with van der Waals surface area (Å²) in [4.78, 5) is 13.0. The molecule has 10 nitrogen and oxygen atoms in total. The van der Waals surface area contributed by atoms with Gasteiger partial charge in [-0.2, -0.15) is 0 Å². The molecule has 1 atom stereocenters. The Hall–Kier alpha value is -3.48. The molecule has 37 heavy (non-hydrogen) atoms. The lowest BCUT2D eigenvalue weighted by Crippen LogP contribution is -2.45. The number of sulfonamides is 2. The molecule has 1 aliphatic heterocycles. The lowest BCUT2D eigenvalue weighted by atomic mass is 10.2. The number of rotatable bonds is 8. The van der Waals surface area contributed by atoms with Crippen LogP contribution in [0.3, 0.4) is 0 Å². The van der Waals surface area contributed by atoms with E-state index in [2.05, 4.69) is 10.0 Å². The molecule has 4 rings (SSSR count). The molecule has 1 amide bonds. The first-order valence-electron chi connectivity index (χ1n) is 11.0. The van der Waals surface area contributed by atoms with Crippen molar-refractivity contribution in [2.24, 2.45) is 0 Å². The van der Waals surface area contributed by atoms with Crippen molar-refractivity contribution in [3.63, 3.8) is 0 Å². The molecule has 0 fully saturated rings. The number of fused-ring (bicyclic) bond motifs is 1. The predicted octanol–water partition coefficient (Wildman–Crippen LogP) is 3.71. The number of anilines is 3. The van der Waals surface area contributed by atoms with Crippen LogP contribution in [-0.4, -0.2) is 48.3 Å². The molecule has 0 radical (unpaired) electrons. The van der Waals surface area contributed by atoms with Crippen molar-refractivity contribution in [2.45, 2.75) is 17.9 Å². The van der Waals surface area contributed by atoms with Crippen molar-refractivity contribution in [3.05, 3.63) is 71.8 Å². The Morgan fingerprint density at radius 2 is 1.59 bits per heavy atom. The largest absolute Gasteiger partial charge is 0.486 e. The maximum absolute atomic E-state index is 13.0. The molecule has 13 heteroatoms. The molecule has 0 aliphatic carbocycles. The van der Waals surface area contributed by atoms with Gasteiger partial charge >= 0.3 is 0 Å². The second-order valence-corrected chi connectivity index (χ2v) is 12.1. The van der Waals surface area contributed by atoms with Gasteiger partial charge in [-0.3, -0.25) is 13.8 Å². The summed E-state index contributed by atoms with van der Waals surface area (Å²) in [5.41, 5.74) is 0.751. The van der Waals surface area contributed by atoms with Crippen LogP contribution in [0, 0.1) is 0 Å². The third-order valence-electron chi connectivity index (χ3n) is 5.42. The van der Waals surface area contributed by atoms with Crippen LogP contribution in [0.1, 0.15) is 6.92 Å². The first kappa shape index (κ1) is 26.6. The van der Waals surface area contributed by atoms with Gasteiger partial charge in [0.2, 0.25) is 15.9 Å². The Morgan fingerprint density at radius 3 is 2.24 bits per heavy atom. The Labute approximate surface area is 220 Å². The third kappa shape index (κ3) is 6.09. The van der Waals surface area contributed by atoms with Gasteiger partial charge < -0.3 is 14.8 Å². The van der Waals surface area contributed by atoms with E-state index in [4.69, 9.17) is 21.1 Å². The molecule has 1 aliphatic rings. The summed E-state index contributed by atoms with van der Waals surface area (Å²) in [7, 11) is -7.79. The van der Waals surface area contributed by atoms with Crippen LogP contribution in [0.5, 0.6) is 11.5 Å². The smallest absolute Gasteiger partial charge is 0.261 e. The van der Waals surface area contributed by atoms with E-state index in [1.165, 1.54) is 49.4 Å². The number of halogens is 1. The van der Waals surface area contributed by atoms with Crippen LogP contribution in [0.4, 0.5) is 17.1 Å². The van der Waals surface area contributed by atoms with Gasteiger partial charge in [0, 0.05) is 11.8 Å². The first-order valence-corrected chi connectivity index (χ1v) is 14.7. The van der Waals surface area contributed by atoms with E-state index >= 15 is 0 Å². The predicted molar refractivity (Wildman–Crippen MR) is 142 cm³/mol. The van der Waals surface area contributed by atoms with Crippen molar-refractivity contribution >= 4 is 54.6 Å². The lowest BCUT2D eigenvalue weighted by molar-refractivity contribution is -0.116. The maximum Gasteiger partial charge on any atom is 0.261 e. The second-order valence-electron chi connectivity index (χ2n) is 8.16. The first-order chi connectivity index (χ1) is 17.5. The molecule has 196 valence electrons. The molecule has 0 saturated carbocycles. The Balaban J connectivity index is 1.51. The molecule has 0 spiro atoms. The molecule has 3 aromatic rings. The van der Waals surface area contributed by atoms with Gasteiger partial charge in [0.1, 0.15) is 19.3 Å². The van der Waals surface area contributed by atoms with E-state index in [0.29, 0.717) is 24.7 Å². The van der Waals surface area contributed by atoms with Crippen LogP contribution >= 0.6 is 11.6 Å². The van der Waals surface area contributed by atoms with Crippen molar-refractivity contribution in [3.8, 4) is 11.5 Å². The summed E-state index contributed by atoms with van der Waals surface area (Å²) >= 11 is 6.03. The van der Waals surface area contributed by atoms with Crippen LogP contribution < -0.4 is 23.8 Å². The van der Waals surface area contributed by atoms with Gasteiger partial charge in [-0.25, -0.2) is 16.8 Å². The number of carbonyl (C=O) groups is 1. The minimum atomic E-state index is -3.93. The number of para-hydroxylation sites is 1. The third-order valence-corrected chi connectivity index (χ3v) is 8.37. The zero-order valence-electron chi connectivity index (χ0n) is 19.8. The molecular weight excluding hydrogens is 542 g/mol. The number of benzene rings is 3. The number of nitrogens with zero attached hydrogens (tertiary/aromatic N) is 1. The van der Waals surface area contributed by atoms with Crippen LogP contribution in [-0.2, 0) is 24.8 Å². The number of hydrogen-bond acceptors (Lipinski definition) is 7. The van der Waals surface area contributed by atoms with E-state index in [1.54, 1.807) is 24.3 Å². The molecule has 3 aromatic carbocycles. The molecule has 0 unspecified atom stereocenters. The number of carbonyl (C=O) groups excluding carboxylic acids is 1. The minimum Gasteiger partial charge on any atom is -0.486 e. The molecule has 0 saturated heterocycles. The fourth-order valence-corrected chi connectivity index (χ4v) is 6.18. The maximum atomic E-state index is 13.0. The van der Waals surface area contributed by atoms with Gasteiger partial charge in [0.15, 0.2) is 11.5 Å². The van der Waals surface area contributed by atoms with Gasteiger partial charge in [0.05, 0.1) is 27.5 Å². The normalized spacial score (nSPS) is 13.9. The number of nitrogens with one attached hydrogen (secondary N) is 2. The quantitative estimate of drug-likeness (QED) is 0.425. The molecule has 0 aromatic heterocycles. The highest BCUT2D eigenvalue weighted by Gasteiger charge is 2.30. The van der Waals surface area contributed by atoms with Gasteiger partial charge in [-0.15, -0.1) is 0 Å². The second kappa shape index (κ2) is 10.5. The van der Waals surface area contributed by atoms with Crippen molar-refractivity contribution in [1.29, 1.82) is 0 Å². The topological polar surface area (TPSA) is 131 Å². The summed E-state index contributed by atoms with van der Waals surface area (Å²) in [5.74, 6) is 0.247. The Morgan fingerprint density at radius 1 is 0.946 bits per heavy atom. The van der Waals surface area contributed by atoms with E-state index in [-0.39, 0.29) is 27.0 Å². The SMILES string of the molecule is C[C@H](C(=O)Nc1ccc(S(=O)(=O)Nc2ccccc2Cl)cc1)N(c1ccc2c(c1)OCCO2)S(C)(=O)=O. The summed E-state index contributed by atoms with van der Waals surface area (Å²) in [6.45, 7) is 2.15. The monoisotopic (exact) mass is 565 g/mol. The van der Waals surface area contributed by atoms with Crippen LogP contribution in [0.15, 0.2) is 71.6 Å². The highest BCUT2D eigenvalue weighted by molar-refractivity contribution is 7.92. The number of ether oxygens (including phenoxy) is 2. The van der Waals surface area contributed by atoms with Gasteiger partial charge in [0.25, 0.3) is 10.0 Å². The van der Waals surface area contributed by atoms with Crippen molar-refractivity contribution in [1.82, 2.24) is 0 Å².